The van der Waals surface area contributed by atoms with Crippen LogP contribution in [0.1, 0.15) is 13.3 Å². The van der Waals surface area contributed by atoms with Crippen LogP contribution in [0.15, 0.2) is 0 Å². The van der Waals surface area contributed by atoms with Gasteiger partial charge in [-0.25, -0.2) is 0 Å². The zero-order chi connectivity index (χ0) is 15.2. The van der Waals surface area contributed by atoms with Gasteiger partial charge in [0, 0.05) is 27.2 Å². The summed E-state index contributed by atoms with van der Waals surface area (Å²) in [6.07, 6.45) is -0.282. The van der Waals surface area contributed by atoms with Gasteiger partial charge < -0.3 is 9.84 Å². The molecular weight excluding hydrogens is 276 g/mol. The molecule has 0 fully saturated rings. The minimum Gasteiger partial charge on any atom is -0.481 e. The third-order valence-corrected chi connectivity index (χ3v) is 4.47. The number of carbonyl (C=O) groups is 2. The second-order valence-electron chi connectivity index (χ2n) is 4.18. The van der Waals surface area contributed by atoms with Gasteiger partial charge in [-0.15, -0.1) is 0 Å². The highest BCUT2D eigenvalue weighted by molar-refractivity contribution is 7.86. The number of methoxy groups -OCH3 is 1. The van der Waals surface area contributed by atoms with Gasteiger partial charge in [-0.05, 0) is 0 Å². The maximum Gasteiger partial charge on any atom is 0.309 e. The molecule has 0 aliphatic rings. The van der Waals surface area contributed by atoms with Crippen LogP contribution in [0.2, 0.25) is 0 Å². The highest BCUT2D eigenvalue weighted by Crippen LogP contribution is 2.09. The molecule has 0 heterocycles. The predicted octanol–water partition coefficient (Wildman–Crippen LogP) is -0.621. The van der Waals surface area contributed by atoms with Gasteiger partial charge in [-0.3, -0.25) is 9.59 Å². The Morgan fingerprint density at radius 3 is 2.21 bits per heavy atom. The van der Waals surface area contributed by atoms with Gasteiger partial charge in [0.2, 0.25) is 0 Å². The molecule has 0 aromatic heterocycles. The molecule has 9 heteroatoms. The maximum atomic E-state index is 12.0. The molecule has 0 aromatic carbocycles. The van der Waals surface area contributed by atoms with E-state index in [-0.39, 0.29) is 19.5 Å². The van der Waals surface area contributed by atoms with Gasteiger partial charge in [0.1, 0.15) is 0 Å². The Morgan fingerprint density at radius 2 is 1.79 bits per heavy atom. The van der Waals surface area contributed by atoms with E-state index >= 15 is 0 Å². The summed E-state index contributed by atoms with van der Waals surface area (Å²) in [6.45, 7) is 1.39. The quantitative estimate of drug-likeness (QED) is 0.599. The molecule has 0 radical (unpaired) electrons. The molecule has 19 heavy (non-hydrogen) atoms. The Balaban J connectivity index is 4.63. The molecule has 0 aromatic rings. The number of rotatable bonds is 8. The summed E-state index contributed by atoms with van der Waals surface area (Å²) in [5.74, 6) is -2.18. The molecule has 0 bridgehead atoms. The van der Waals surface area contributed by atoms with Gasteiger partial charge in [-0.2, -0.15) is 17.0 Å². The molecule has 1 N–H and O–H groups in total. The summed E-state index contributed by atoms with van der Waals surface area (Å²) in [4.78, 5) is 21.6. The van der Waals surface area contributed by atoms with E-state index in [0.29, 0.717) is 0 Å². The second kappa shape index (κ2) is 7.41. The first-order valence-corrected chi connectivity index (χ1v) is 6.99. The summed E-state index contributed by atoms with van der Waals surface area (Å²) in [5.41, 5.74) is 0. The Hall–Kier alpha value is -1.19. The minimum absolute atomic E-state index is 0.0353. The number of ether oxygens (including phenoxy) is 1. The van der Waals surface area contributed by atoms with Crippen molar-refractivity contribution in [3.8, 4) is 0 Å². The van der Waals surface area contributed by atoms with Crippen molar-refractivity contribution in [2.45, 2.75) is 13.3 Å². The van der Waals surface area contributed by atoms with Crippen LogP contribution in [-0.2, 0) is 24.5 Å². The number of aliphatic carboxylic acids is 1. The number of esters is 1. The largest absolute Gasteiger partial charge is 0.481 e. The summed E-state index contributed by atoms with van der Waals surface area (Å²) in [5, 5.41) is 8.52. The first kappa shape index (κ1) is 17.8. The molecule has 0 saturated heterocycles. The van der Waals surface area contributed by atoms with Crippen molar-refractivity contribution in [2.24, 2.45) is 5.92 Å². The van der Waals surface area contributed by atoms with Gasteiger partial charge in [0.25, 0.3) is 10.2 Å². The monoisotopic (exact) mass is 296 g/mol. The minimum atomic E-state index is -3.78. The van der Waals surface area contributed by atoms with Crippen LogP contribution in [0, 0.1) is 5.92 Å². The van der Waals surface area contributed by atoms with Gasteiger partial charge >= 0.3 is 11.9 Å². The van der Waals surface area contributed by atoms with Crippen LogP contribution in [0.4, 0.5) is 0 Å². The van der Waals surface area contributed by atoms with E-state index < -0.39 is 28.1 Å². The van der Waals surface area contributed by atoms with Crippen molar-refractivity contribution in [3.63, 3.8) is 0 Å². The first-order valence-electron chi connectivity index (χ1n) is 5.60. The number of hydrogen-bond donors (Lipinski definition) is 1. The van der Waals surface area contributed by atoms with Crippen LogP contribution in [0.5, 0.6) is 0 Å². The Bertz CT molecular complexity index is 422. The van der Waals surface area contributed by atoms with Crippen LogP contribution >= 0.6 is 0 Å². The molecule has 0 spiro atoms. The van der Waals surface area contributed by atoms with Gasteiger partial charge in [-0.1, -0.05) is 6.92 Å². The fourth-order valence-corrected chi connectivity index (χ4v) is 2.57. The Labute approximate surface area is 113 Å². The third kappa shape index (κ3) is 5.53. The highest BCUT2D eigenvalue weighted by atomic mass is 32.2. The lowest BCUT2D eigenvalue weighted by Gasteiger charge is -2.25. The van der Waals surface area contributed by atoms with Crippen LogP contribution in [0.25, 0.3) is 0 Å². The Morgan fingerprint density at radius 1 is 1.26 bits per heavy atom. The summed E-state index contributed by atoms with van der Waals surface area (Å²) >= 11 is 0. The van der Waals surface area contributed by atoms with Crippen LogP contribution in [-0.4, -0.2) is 68.4 Å². The molecule has 0 rings (SSSR count). The summed E-state index contributed by atoms with van der Waals surface area (Å²) in [6, 6.07) is 0. The molecule has 1 atom stereocenters. The molecule has 8 nitrogen and oxygen atoms in total. The van der Waals surface area contributed by atoms with Gasteiger partial charge in [0.05, 0.1) is 19.4 Å². The summed E-state index contributed by atoms with van der Waals surface area (Å²) in [7, 11) is 0.0673. The van der Waals surface area contributed by atoms with Crippen molar-refractivity contribution >= 4 is 22.1 Å². The molecule has 0 saturated carbocycles. The fraction of sp³-hybridized carbons (Fsp3) is 0.800. The molecule has 0 aliphatic heterocycles. The van der Waals surface area contributed by atoms with Crippen molar-refractivity contribution in [2.75, 3.05) is 34.3 Å². The molecule has 112 valence electrons. The van der Waals surface area contributed by atoms with E-state index in [9.17, 15) is 18.0 Å². The number of carbonyl (C=O) groups excluding carboxylic acids is 1. The molecule has 0 aliphatic carbocycles. The molecular formula is C10H20N2O6S. The van der Waals surface area contributed by atoms with Gasteiger partial charge in [0.15, 0.2) is 0 Å². The lowest BCUT2D eigenvalue weighted by atomic mass is 10.2. The lowest BCUT2D eigenvalue weighted by molar-refractivity contribution is -0.145. The number of hydrogen-bond acceptors (Lipinski definition) is 5. The first-order chi connectivity index (χ1) is 8.62. The smallest absolute Gasteiger partial charge is 0.309 e. The maximum absolute atomic E-state index is 12.0. The zero-order valence-corrected chi connectivity index (χ0v) is 12.3. The lowest BCUT2D eigenvalue weighted by Crippen LogP contribution is -2.43. The van der Waals surface area contributed by atoms with E-state index in [4.69, 9.17) is 5.11 Å². The average Bonchev–Trinajstić information content (AvgIpc) is 2.34. The second-order valence-corrected chi connectivity index (χ2v) is 6.32. The SMILES string of the molecule is COC(=O)C(C)CN(C)S(=O)(=O)N(C)CCC(=O)O. The van der Waals surface area contributed by atoms with E-state index in [1.54, 1.807) is 6.92 Å². The Kier molecular flexibility index (Phi) is 6.95. The zero-order valence-electron chi connectivity index (χ0n) is 11.5. The topological polar surface area (TPSA) is 104 Å². The standard InChI is InChI=1S/C10H20N2O6S/c1-8(10(15)18-4)7-12(3)19(16,17)11(2)6-5-9(13)14/h8H,5-7H2,1-4H3,(H,13,14). The normalized spacial score (nSPS) is 13.6. The predicted molar refractivity (Wildman–Crippen MR) is 67.6 cm³/mol. The molecule has 1 unspecified atom stereocenters. The van der Waals surface area contributed by atoms with Crippen molar-refractivity contribution in [1.29, 1.82) is 0 Å². The molecule has 0 amide bonds. The summed E-state index contributed by atoms with van der Waals surface area (Å²) < 4.78 is 30.4. The average molecular weight is 296 g/mol. The van der Waals surface area contributed by atoms with Crippen LogP contribution < -0.4 is 0 Å². The van der Waals surface area contributed by atoms with E-state index in [1.807, 2.05) is 0 Å². The number of carboxylic acid groups (broad SMARTS) is 1. The van der Waals surface area contributed by atoms with Crippen LogP contribution in [0.3, 0.4) is 0 Å². The van der Waals surface area contributed by atoms with Crippen molar-refractivity contribution in [3.05, 3.63) is 0 Å². The highest BCUT2D eigenvalue weighted by Gasteiger charge is 2.27. The van der Waals surface area contributed by atoms with E-state index in [0.717, 1.165) is 8.61 Å². The van der Waals surface area contributed by atoms with Crippen molar-refractivity contribution in [1.82, 2.24) is 8.61 Å². The fourth-order valence-electron chi connectivity index (χ4n) is 1.36. The van der Waals surface area contributed by atoms with E-state index in [2.05, 4.69) is 4.74 Å². The number of nitrogens with zero attached hydrogens (tertiary/aromatic N) is 2. The van der Waals surface area contributed by atoms with Crippen molar-refractivity contribution < 1.29 is 27.9 Å². The number of carboxylic acids is 1. The third-order valence-electron chi connectivity index (χ3n) is 2.56. The van der Waals surface area contributed by atoms with E-state index in [1.165, 1.54) is 21.2 Å².